The summed E-state index contributed by atoms with van der Waals surface area (Å²) in [4.78, 5) is 25.1. The lowest BCUT2D eigenvalue weighted by Gasteiger charge is -2.35. The summed E-state index contributed by atoms with van der Waals surface area (Å²) in [6.45, 7) is 7.85. The van der Waals surface area contributed by atoms with E-state index in [1.807, 2.05) is 23.1 Å². The Hall–Kier alpha value is -2.18. The summed E-state index contributed by atoms with van der Waals surface area (Å²) in [5, 5.41) is 9.24. The third kappa shape index (κ3) is 3.77. The summed E-state index contributed by atoms with van der Waals surface area (Å²) in [5.41, 5.74) is 3.61. The predicted molar refractivity (Wildman–Crippen MR) is 105 cm³/mol. The SMILES string of the molecule is CC(C)=CCN1C[C@@H]2CC[C@H]1CN(C(=O)c1ccc3nc(CO)[nH]c3c1)C2. The fourth-order valence-electron chi connectivity index (χ4n) is 4.32. The second-order valence-corrected chi connectivity index (χ2v) is 8.12. The molecule has 0 saturated carbocycles. The van der Waals surface area contributed by atoms with Crippen LogP contribution in [0.2, 0.25) is 0 Å². The molecule has 6 heteroatoms. The Kier molecular flexibility index (Phi) is 5.02. The maximum atomic E-state index is 13.2. The van der Waals surface area contributed by atoms with E-state index in [0.29, 0.717) is 23.3 Å². The van der Waals surface area contributed by atoms with Crippen molar-refractivity contribution in [2.45, 2.75) is 39.3 Å². The molecule has 0 radical (unpaired) electrons. The third-order valence-electron chi connectivity index (χ3n) is 5.78. The van der Waals surface area contributed by atoms with Crippen LogP contribution in [-0.2, 0) is 6.61 Å². The lowest BCUT2D eigenvalue weighted by atomic mass is 9.95. The van der Waals surface area contributed by atoms with Gasteiger partial charge in [-0.2, -0.15) is 0 Å². The van der Waals surface area contributed by atoms with E-state index in [1.165, 1.54) is 18.4 Å². The summed E-state index contributed by atoms with van der Waals surface area (Å²) < 4.78 is 0. The molecule has 5 rings (SSSR count). The van der Waals surface area contributed by atoms with Crippen molar-refractivity contribution in [1.29, 1.82) is 0 Å². The minimum Gasteiger partial charge on any atom is -0.388 e. The zero-order valence-electron chi connectivity index (χ0n) is 16.1. The molecule has 0 unspecified atom stereocenters. The van der Waals surface area contributed by atoms with Gasteiger partial charge in [0.2, 0.25) is 0 Å². The molecule has 0 aliphatic carbocycles. The molecule has 4 heterocycles. The molecule has 1 amide bonds. The first-order chi connectivity index (χ1) is 13.0. The number of aromatic amines is 1. The van der Waals surface area contributed by atoms with Gasteiger partial charge in [0.1, 0.15) is 12.4 Å². The molecule has 27 heavy (non-hydrogen) atoms. The standard InChI is InChI=1S/C21H28N4O2/c1-14(2)7-8-24-10-15-3-5-17(24)12-25(11-15)21(27)16-4-6-18-19(9-16)23-20(13-26)22-18/h4,6-7,9,15,17,26H,3,5,8,10-13H2,1-2H3,(H,22,23)/t15-,17-/m0/s1. The number of nitrogens with zero attached hydrogens (tertiary/aromatic N) is 3. The molecule has 2 atom stereocenters. The molecule has 2 aromatic rings. The number of allylic oxidation sites excluding steroid dienone is 1. The van der Waals surface area contributed by atoms with Gasteiger partial charge in [-0.25, -0.2) is 4.98 Å². The second kappa shape index (κ2) is 7.44. The van der Waals surface area contributed by atoms with E-state index in [4.69, 9.17) is 0 Å². The van der Waals surface area contributed by atoms with Crippen LogP contribution >= 0.6 is 0 Å². The molecule has 6 nitrogen and oxygen atoms in total. The molecule has 2 bridgehead atoms. The van der Waals surface area contributed by atoms with Gasteiger partial charge in [-0.15, -0.1) is 0 Å². The van der Waals surface area contributed by atoms with Crippen LogP contribution in [0.15, 0.2) is 29.8 Å². The van der Waals surface area contributed by atoms with Crippen molar-refractivity contribution in [1.82, 2.24) is 19.8 Å². The Balaban J connectivity index is 1.53. The van der Waals surface area contributed by atoms with Crippen molar-refractivity contribution in [3.05, 3.63) is 41.2 Å². The smallest absolute Gasteiger partial charge is 0.253 e. The first kappa shape index (κ1) is 18.2. The Morgan fingerprint density at radius 1 is 1.30 bits per heavy atom. The molecule has 3 fully saturated rings. The van der Waals surface area contributed by atoms with Crippen LogP contribution in [0.1, 0.15) is 42.9 Å². The van der Waals surface area contributed by atoms with Crippen molar-refractivity contribution in [3.8, 4) is 0 Å². The normalized spacial score (nSPS) is 22.9. The highest BCUT2D eigenvalue weighted by atomic mass is 16.3. The Morgan fingerprint density at radius 2 is 2.15 bits per heavy atom. The number of carbonyl (C=O) groups excluding carboxylic acids is 1. The molecule has 1 aromatic carbocycles. The average Bonchev–Trinajstić information content (AvgIpc) is 2.86. The fourth-order valence-corrected chi connectivity index (χ4v) is 4.32. The van der Waals surface area contributed by atoms with Crippen molar-refractivity contribution in [2.24, 2.45) is 5.92 Å². The second-order valence-electron chi connectivity index (χ2n) is 8.12. The van der Waals surface area contributed by atoms with Crippen molar-refractivity contribution in [3.63, 3.8) is 0 Å². The summed E-state index contributed by atoms with van der Waals surface area (Å²) in [7, 11) is 0. The summed E-state index contributed by atoms with van der Waals surface area (Å²) >= 11 is 0. The number of rotatable bonds is 4. The van der Waals surface area contributed by atoms with E-state index in [2.05, 4.69) is 34.8 Å². The largest absolute Gasteiger partial charge is 0.388 e. The van der Waals surface area contributed by atoms with Crippen LogP contribution in [0, 0.1) is 5.92 Å². The van der Waals surface area contributed by atoms with Crippen molar-refractivity contribution >= 4 is 16.9 Å². The third-order valence-corrected chi connectivity index (χ3v) is 5.78. The van der Waals surface area contributed by atoms with Gasteiger partial charge < -0.3 is 15.0 Å². The van der Waals surface area contributed by atoms with Gasteiger partial charge in [-0.3, -0.25) is 9.69 Å². The van der Waals surface area contributed by atoms with E-state index in [9.17, 15) is 9.90 Å². The van der Waals surface area contributed by atoms with Gasteiger partial charge in [0, 0.05) is 37.8 Å². The van der Waals surface area contributed by atoms with Gasteiger partial charge in [-0.05, 0) is 50.8 Å². The number of H-pyrrole nitrogens is 1. The lowest BCUT2D eigenvalue weighted by molar-refractivity contribution is 0.0740. The Bertz CT molecular complexity index is 868. The maximum absolute atomic E-state index is 13.2. The number of aliphatic hydroxyl groups is 1. The van der Waals surface area contributed by atoms with Crippen LogP contribution in [0.3, 0.4) is 0 Å². The van der Waals surface area contributed by atoms with Crippen molar-refractivity contribution < 1.29 is 9.90 Å². The Labute approximate surface area is 159 Å². The fraction of sp³-hybridized carbons (Fsp3) is 0.524. The average molecular weight is 368 g/mol. The highest BCUT2D eigenvalue weighted by Crippen LogP contribution is 2.29. The number of aromatic nitrogens is 2. The summed E-state index contributed by atoms with van der Waals surface area (Å²) in [6, 6.07) is 6.00. The van der Waals surface area contributed by atoms with Crippen LogP contribution < -0.4 is 0 Å². The number of nitrogens with one attached hydrogen (secondary N) is 1. The topological polar surface area (TPSA) is 72.5 Å². The highest BCUT2D eigenvalue weighted by Gasteiger charge is 2.36. The van der Waals surface area contributed by atoms with E-state index >= 15 is 0 Å². The molecule has 3 aliphatic heterocycles. The number of fused-ring (bicyclic) bond motifs is 5. The highest BCUT2D eigenvalue weighted by molar-refractivity contribution is 5.97. The number of imidazole rings is 1. The maximum Gasteiger partial charge on any atom is 0.253 e. The molecular weight excluding hydrogens is 340 g/mol. The van der Waals surface area contributed by atoms with Gasteiger partial charge in [0.25, 0.3) is 5.91 Å². The number of benzene rings is 1. The molecule has 1 aromatic heterocycles. The number of hydrogen-bond acceptors (Lipinski definition) is 4. The van der Waals surface area contributed by atoms with E-state index in [0.717, 1.165) is 37.2 Å². The summed E-state index contributed by atoms with van der Waals surface area (Å²) in [5.74, 6) is 1.17. The molecule has 3 aliphatic rings. The minimum absolute atomic E-state index is 0.0954. The predicted octanol–water partition coefficient (Wildman–Crippen LogP) is 2.56. The zero-order valence-corrected chi connectivity index (χ0v) is 16.1. The van der Waals surface area contributed by atoms with Gasteiger partial charge >= 0.3 is 0 Å². The number of hydrogen-bond donors (Lipinski definition) is 2. The number of amides is 1. The summed E-state index contributed by atoms with van der Waals surface area (Å²) in [6.07, 6.45) is 4.67. The molecule has 3 saturated heterocycles. The number of aliphatic hydroxyl groups excluding tert-OH is 1. The first-order valence-corrected chi connectivity index (χ1v) is 9.79. The molecule has 2 N–H and O–H groups in total. The monoisotopic (exact) mass is 368 g/mol. The first-order valence-electron chi connectivity index (χ1n) is 9.79. The van der Waals surface area contributed by atoms with E-state index in [-0.39, 0.29) is 12.5 Å². The van der Waals surface area contributed by atoms with Crippen LogP contribution in [0.4, 0.5) is 0 Å². The van der Waals surface area contributed by atoms with Crippen LogP contribution in [-0.4, -0.2) is 63.0 Å². The molecule has 144 valence electrons. The number of piperidine rings is 1. The van der Waals surface area contributed by atoms with Crippen LogP contribution in [0.25, 0.3) is 11.0 Å². The molecular formula is C21H28N4O2. The quantitative estimate of drug-likeness (QED) is 0.814. The van der Waals surface area contributed by atoms with Crippen LogP contribution in [0.5, 0.6) is 0 Å². The van der Waals surface area contributed by atoms with E-state index in [1.54, 1.807) is 0 Å². The van der Waals surface area contributed by atoms with Gasteiger partial charge in [-0.1, -0.05) is 11.6 Å². The lowest BCUT2D eigenvalue weighted by Crippen LogP contribution is -2.44. The van der Waals surface area contributed by atoms with E-state index < -0.39 is 0 Å². The number of carbonyl (C=O) groups is 1. The van der Waals surface area contributed by atoms with Gasteiger partial charge in [0.15, 0.2) is 0 Å². The van der Waals surface area contributed by atoms with Crippen molar-refractivity contribution in [2.75, 3.05) is 26.2 Å². The zero-order chi connectivity index (χ0) is 19.0. The Morgan fingerprint density at radius 3 is 2.93 bits per heavy atom. The van der Waals surface area contributed by atoms with Gasteiger partial charge in [0.05, 0.1) is 11.0 Å². The molecule has 0 spiro atoms. The minimum atomic E-state index is -0.130.